The highest BCUT2D eigenvalue weighted by Crippen LogP contribution is 2.20. The van der Waals surface area contributed by atoms with Crippen LogP contribution in [-0.4, -0.2) is 18.6 Å². The first-order valence-electron chi connectivity index (χ1n) is 6.12. The highest BCUT2D eigenvalue weighted by atomic mass is 16.5. The van der Waals surface area contributed by atoms with E-state index in [4.69, 9.17) is 10.5 Å². The second kappa shape index (κ2) is 6.83. The summed E-state index contributed by atoms with van der Waals surface area (Å²) in [5.41, 5.74) is 5.47. The molecule has 2 N–H and O–H groups in total. The van der Waals surface area contributed by atoms with Crippen LogP contribution in [0.5, 0.6) is 0 Å². The normalized spacial score (nSPS) is 20.7. The van der Waals surface area contributed by atoms with Gasteiger partial charge < -0.3 is 10.5 Å². The van der Waals surface area contributed by atoms with Crippen LogP contribution in [0.15, 0.2) is 0 Å². The van der Waals surface area contributed by atoms with Crippen molar-refractivity contribution in [3.8, 4) is 0 Å². The zero-order valence-corrected chi connectivity index (χ0v) is 9.71. The Morgan fingerprint density at radius 3 is 2.47 bits per heavy atom. The monoisotopic (exact) mass is 213 g/mol. The molecule has 0 aromatic heterocycles. The van der Waals surface area contributed by atoms with Crippen LogP contribution in [0.1, 0.15) is 51.9 Å². The minimum atomic E-state index is -0.0696. The van der Waals surface area contributed by atoms with Gasteiger partial charge in [-0.1, -0.05) is 19.8 Å². The molecule has 0 heterocycles. The van der Waals surface area contributed by atoms with Gasteiger partial charge in [-0.05, 0) is 38.1 Å². The molecule has 0 aromatic carbocycles. The smallest absolute Gasteiger partial charge is 0.306 e. The van der Waals surface area contributed by atoms with E-state index in [9.17, 15) is 4.79 Å². The van der Waals surface area contributed by atoms with Gasteiger partial charge in [0.1, 0.15) is 6.10 Å². The van der Waals surface area contributed by atoms with Gasteiger partial charge in [0, 0.05) is 6.42 Å². The average Bonchev–Trinajstić information content (AvgIpc) is 2.46. The number of carbonyl (C=O) groups excluding carboxylic acids is 1. The van der Waals surface area contributed by atoms with Crippen molar-refractivity contribution in [2.75, 3.05) is 6.54 Å². The van der Waals surface area contributed by atoms with Crippen LogP contribution < -0.4 is 5.73 Å². The van der Waals surface area contributed by atoms with Gasteiger partial charge >= 0.3 is 5.97 Å². The van der Waals surface area contributed by atoms with Crippen LogP contribution in [0, 0.1) is 5.92 Å². The molecule has 1 saturated carbocycles. The summed E-state index contributed by atoms with van der Waals surface area (Å²) in [6, 6.07) is 0. The van der Waals surface area contributed by atoms with Crippen molar-refractivity contribution in [2.24, 2.45) is 11.7 Å². The summed E-state index contributed by atoms with van der Waals surface area (Å²) in [5, 5.41) is 0. The quantitative estimate of drug-likeness (QED) is 0.575. The van der Waals surface area contributed by atoms with Gasteiger partial charge in [0.05, 0.1) is 0 Å². The Morgan fingerprint density at radius 1 is 1.33 bits per heavy atom. The Labute approximate surface area is 92.4 Å². The van der Waals surface area contributed by atoms with Gasteiger partial charge in [-0.15, -0.1) is 0 Å². The summed E-state index contributed by atoms with van der Waals surface area (Å²) in [4.78, 5) is 11.5. The number of ether oxygens (including phenoxy) is 1. The molecular formula is C12H23NO2. The maximum atomic E-state index is 11.5. The van der Waals surface area contributed by atoms with Crippen molar-refractivity contribution in [1.82, 2.24) is 0 Å². The van der Waals surface area contributed by atoms with Gasteiger partial charge in [0.2, 0.25) is 0 Å². The molecule has 0 spiro atoms. The average molecular weight is 213 g/mol. The third-order valence-electron chi connectivity index (χ3n) is 3.02. The second-order valence-electron chi connectivity index (χ2n) is 4.65. The molecule has 0 amide bonds. The van der Waals surface area contributed by atoms with Crippen molar-refractivity contribution >= 4 is 5.97 Å². The Balaban J connectivity index is 2.23. The maximum Gasteiger partial charge on any atom is 0.306 e. The van der Waals surface area contributed by atoms with Crippen molar-refractivity contribution in [1.29, 1.82) is 0 Å². The molecule has 1 fully saturated rings. The molecule has 1 unspecified atom stereocenters. The van der Waals surface area contributed by atoms with Gasteiger partial charge in [-0.25, -0.2) is 0 Å². The largest absolute Gasteiger partial charge is 0.462 e. The number of esters is 1. The zero-order chi connectivity index (χ0) is 11.1. The lowest BCUT2D eigenvalue weighted by Gasteiger charge is -2.16. The molecule has 1 atom stereocenters. The molecule has 88 valence electrons. The summed E-state index contributed by atoms with van der Waals surface area (Å²) in [7, 11) is 0. The minimum Gasteiger partial charge on any atom is -0.462 e. The lowest BCUT2D eigenvalue weighted by Crippen LogP contribution is -2.21. The van der Waals surface area contributed by atoms with E-state index in [1.54, 1.807) is 0 Å². The van der Waals surface area contributed by atoms with Crippen LogP contribution in [0.4, 0.5) is 0 Å². The summed E-state index contributed by atoms with van der Waals surface area (Å²) in [6.45, 7) is 2.54. The number of rotatable bonds is 4. The molecule has 0 aliphatic heterocycles. The standard InChI is InChI=1S/C12H23NO2/c1-10(9-13)8-12(14)15-11-6-4-2-3-5-7-11/h10-11H,2-9,13H2,1H3. The van der Waals surface area contributed by atoms with Crippen LogP contribution in [0.3, 0.4) is 0 Å². The van der Waals surface area contributed by atoms with Crippen LogP contribution >= 0.6 is 0 Å². The van der Waals surface area contributed by atoms with Crippen molar-refractivity contribution in [2.45, 2.75) is 58.0 Å². The molecular weight excluding hydrogens is 190 g/mol. The van der Waals surface area contributed by atoms with Crippen LogP contribution in [0.2, 0.25) is 0 Å². The number of hydrogen-bond acceptors (Lipinski definition) is 3. The van der Waals surface area contributed by atoms with Crippen molar-refractivity contribution in [3.05, 3.63) is 0 Å². The lowest BCUT2D eigenvalue weighted by molar-refractivity contribution is -0.150. The molecule has 1 aliphatic rings. The third-order valence-corrected chi connectivity index (χ3v) is 3.02. The third kappa shape index (κ3) is 5.17. The highest BCUT2D eigenvalue weighted by molar-refractivity contribution is 5.69. The second-order valence-corrected chi connectivity index (χ2v) is 4.65. The summed E-state index contributed by atoms with van der Waals surface area (Å²) in [6.07, 6.45) is 7.69. The minimum absolute atomic E-state index is 0.0696. The fraction of sp³-hybridized carbons (Fsp3) is 0.917. The van der Waals surface area contributed by atoms with E-state index < -0.39 is 0 Å². The fourth-order valence-electron chi connectivity index (χ4n) is 1.96. The van der Waals surface area contributed by atoms with Gasteiger partial charge in [0.15, 0.2) is 0 Å². The Kier molecular flexibility index (Phi) is 5.69. The molecule has 0 saturated heterocycles. The molecule has 1 rings (SSSR count). The van der Waals surface area contributed by atoms with E-state index in [0.29, 0.717) is 13.0 Å². The first-order valence-corrected chi connectivity index (χ1v) is 6.12. The number of hydrogen-bond donors (Lipinski definition) is 1. The molecule has 15 heavy (non-hydrogen) atoms. The molecule has 0 radical (unpaired) electrons. The Morgan fingerprint density at radius 2 is 1.93 bits per heavy atom. The van der Waals surface area contributed by atoms with E-state index >= 15 is 0 Å². The zero-order valence-electron chi connectivity index (χ0n) is 9.71. The maximum absolute atomic E-state index is 11.5. The number of nitrogens with two attached hydrogens (primary N) is 1. The summed E-state index contributed by atoms with van der Waals surface area (Å²) >= 11 is 0. The van der Waals surface area contributed by atoms with Crippen LogP contribution in [-0.2, 0) is 9.53 Å². The van der Waals surface area contributed by atoms with Crippen molar-refractivity contribution < 1.29 is 9.53 Å². The predicted octanol–water partition coefficient (Wildman–Crippen LogP) is 2.24. The lowest BCUT2D eigenvalue weighted by atomic mass is 10.1. The highest BCUT2D eigenvalue weighted by Gasteiger charge is 2.17. The van der Waals surface area contributed by atoms with Gasteiger partial charge in [0.25, 0.3) is 0 Å². The van der Waals surface area contributed by atoms with E-state index in [1.165, 1.54) is 25.7 Å². The SMILES string of the molecule is CC(CN)CC(=O)OC1CCCCCC1. The molecule has 3 heteroatoms. The Bertz CT molecular complexity index is 186. The number of carbonyl (C=O) groups is 1. The summed E-state index contributed by atoms with van der Waals surface area (Å²) < 4.78 is 5.45. The van der Waals surface area contributed by atoms with Gasteiger partial charge in [-0.2, -0.15) is 0 Å². The topological polar surface area (TPSA) is 52.3 Å². The van der Waals surface area contributed by atoms with Crippen molar-refractivity contribution in [3.63, 3.8) is 0 Å². The van der Waals surface area contributed by atoms with Crippen LogP contribution in [0.25, 0.3) is 0 Å². The molecule has 0 bridgehead atoms. The first kappa shape index (κ1) is 12.5. The summed E-state index contributed by atoms with van der Waals surface area (Å²) in [5.74, 6) is 0.170. The van der Waals surface area contributed by atoms with E-state index in [0.717, 1.165) is 12.8 Å². The van der Waals surface area contributed by atoms with Gasteiger partial charge in [-0.3, -0.25) is 4.79 Å². The molecule has 3 nitrogen and oxygen atoms in total. The molecule has 0 aromatic rings. The Hall–Kier alpha value is -0.570. The predicted molar refractivity (Wildman–Crippen MR) is 60.4 cm³/mol. The van der Waals surface area contributed by atoms with E-state index in [1.807, 2.05) is 6.92 Å². The molecule has 1 aliphatic carbocycles. The van der Waals surface area contributed by atoms with E-state index in [-0.39, 0.29) is 18.0 Å². The first-order chi connectivity index (χ1) is 7.22. The van der Waals surface area contributed by atoms with E-state index in [2.05, 4.69) is 0 Å². The fourth-order valence-corrected chi connectivity index (χ4v) is 1.96.